The second-order valence-corrected chi connectivity index (χ2v) is 4.17. The van der Waals surface area contributed by atoms with E-state index in [-0.39, 0.29) is 18.9 Å². The molecular formula is C13H18N2O5. The highest BCUT2D eigenvalue weighted by Gasteiger charge is 2.22. The summed E-state index contributed by atoms with van der Waals surface area (Å²) in [5.74, 6) is -1.25. The Kier molecular flexibility index (Phi) is 5.76. The molecule has 1 aromatic rings. The molecule has 0 aliphatic carbocycles. The highest BCUT2D eigenvalue weighted by Crippen LogP contribution is 2.01. The summed E-state index contributed by atoms with van der Waals surface area (Å²) in [6.45, 7) is 3.32. The molecule has 1 heterocycles. The molecule has 1 rings (SSSR count). The van der Waals surface area contributed by atoms with Gasteiger partial charge in [0.2, 0.25) is 5.91 Å². The van der Waals surface area contributed by atoms with Crippen LogP contribution in [0.15, 0.2) is 22.8 Å². The van der Waals surface area contributed by atoms with Crippen molar-refractivity contribution in [3.8, 4) is 0 Å². The van der Waals surface area contributed by atoms with E-state index in [1.165, 1.54) is 31.2 Å². The second kappa shape index (κ2) is 7.32. The molecule has 0 saturated carbocycles. The van der Waals surface area contributed by atoms with Gasteiger partial charge in [0, 0.05) is 7.05 Å². The smallest absolute Gasteiger partial charge is 0.325 e. The van der Waals surface area contributed by atoms with E-state index in [1.807, 2.05) is 0 Å². The van der Waals surface area contributed by atoms with Crippen molar-refractivity contribution < 1.29 is 23.5 Å². The van der Waals surface area contributed by atoms with Crippen LogP contribution in [0.5, 0.6) is 0 Å². The molecule has 110 valence electrons. The molecule has 0 radical (unpaired) electrons. The van der Waals surface area contributed by atoms with Crippen molar-refractivity contribution in [2.24, 2.45) is 0 Å². The largest absolute Gasteiger partial charge is 0.465 e. The fraction of sp³-hybridized carbons (Fsp3) is 0.462. The van der Waals surface area contributed by atoms with Crippen molar-refractivity contribution in [2.75, 3.05) is 20.2 Å². The summed E-state index contributed by atoms with van der Waals surface area (Å²) in [6.07, 6.45) is 1.37. The third-order valence-electron chi connectivity index (χ3n) is 2.51. The third kappa shape index (κ3) is 4.42. The zero-order valence-corrected chi connectivity index (χ0v) is 11.7. The van der Waals surface area contributed by atoms with Crippen LogP contribution in [-0.4, -0.2) is 48.9 Å². The van der Waals surface area contributed by atoms with E-state index >= 15 is 0 Å². The monoisotopic (exact) mass is 282 g/mol. The SMILES string of the molecule is CCOC(=O)CN(C)C(=O)C(C)NC(=O)c1ccco1. The Balaban J connectivity index is 2.50. The van der Waals surface area contributed by atoms with Crippen LogP contribution in [-0.2, 0) is 14.3 Å². The number of rotatable bonds is 6. The Hall–Kier alpha value is -2.31. The van der Waals surface area contributed by atoms with Crippen molar-refractivity contribution in [1.82, 2.24) is 10.2 Å². The molecule has 20 heavy (non-hydrogen) atoms. The van der Waals surface area contributed by atoms with Crippen LogP contribution in [0.25, 0.3) is 0 Å². The molecule has 7 heteroatoms. The molecule has 2 amide bonds. The standard InChI is InChI=1S/C13H18N2O5/c1-4-19-11(16)8-15(3)13(18)9(2)14-12(17)10-6-5-7-20-10/h5-7,9H,4,8H2,1-3H3,(H,14,17). The van der Waals surface area contributed by atoms with Crippen LogP contribution in [0.1, 0.15) is 24.4 Å². The van der Waals surface area contributed by atoms with Crippen molar-refractivity contribution in [2.45, 2.75) is 19.9 Å². The van der Waals surface area contributed by atoms with Gasteiger partial charge in [-0.15, -0.1) is 0 Å². The molecular weight excluding hydrogens is 264 g/mol. The molecule has 0 fully saturated rings. The maximum Gasteiger partial charge on any atom is 0.325 e. The summed E-state index contributed by atoms with van der Waals surface area (Å²) in [5.41, 5.74) is 0. The summed E-state index contributed by atoms with van der Waals surface area (Å²) in [4.78, 5) is 36.1. The summed E-state index contributed by atoms with van der Waals surface area (Å²) in [7, 11) is 1.47. The van der Waals surface area contributed by atoms with E-state index in [9.17, 15) is 14.4 Å². The fourth-order valence-corrected chi connectivity index (χ4v) is 1.55. The lowest BCUT2D eigenvalue weighted by molar-refractivity contribution is -0.148. The molecule has 0 spiro atoms. The average molecular weight is 282 g/mol. The van der Waals surface area contributed by atoms with Gasteiger partial charge in [-0.05, 0) is 26.0 Å². The number of nitrogens with one attached hydrogen (secondary N) is 1. The van der Waals surface area contributed by atoms with Crippen molar-refractivity contribution in [1.29, 1.82) is 0 Å². The highest BCUT2D eigenvalue weighted by atomic mass is 16.5. The number of likely N-dealkylation sites (N-methyl/N-ethyl adjacent to an activating group) is 1. The molecule has 1 atom stereocenters. The van der Waals surface area contributed by atoms with Crippen molar-refractivity contribution >= 4 is 17.8 Å². The highest BCUT2D eigenvalue weighted by molar-refractivity contribution is 5.95. The number of carbonyl (C=O) groups excluding carboxylic acids is 3. The first-order valence-corrected chi connectivity index (χ1v) is 6.20. The van der Waals surface area contributed by atoms with E-state index < -0.39 is 23.8 Å². The van der Waals surface area contributed by atoms with E-state index in [1.54, 1.807) is 13.0 Å². The molecule has 0 aliphatic rings. The minimum Gasteiger partial charge on any atom is -0.465 e. The molecule has 1 aromatic heterocycles. The van der Waals surface area contributed by atoms with Crippen molar-refractivity contribution in [3.05, 3.63) is 24.2 Å². The molecule has 1 N–H and O–H groups in total. The Morgan fingerprint density at radius 1 is 1.45 bits per heavy atom. The van der Waals surface area contributed by atoms with Gasteiger partial charge in [0.05, 0.1) is 12.9 Å². The predicted octanol–water partition coefficient (Wildman–Crippen LogP) is 0.419. The van der Waals surface area contributed by atoms with Gasteiger partial charge in [0.25, 0.3) is 5.91 Å². The molecule has 0 bridgehead atoms. The van der Waals surface area contributed by atoms with Crippen LogP contribution < -0.4 is 5.32 Å². The van der Waals surface area contributed by atoms with Gasteiger partial charge in [0.1, 0.15) is 12.6 Å². The fourth-order valence-electron chi connectivity index (χ4n) is 1.55. The maximum atomic E-state index is 12.0. The molecule has 0 saturated heterocycles. The van der Waals surface area contributed by atoms with E-state index in [4.69, 9.17) is 9.15 Å². The minimum absolute atomic E-state index is 0.123. The number of esters is 1. The first-order valence-electron chi connectivity index (χ1n) is 6.20. The number of ether oxygens (including phenoxy) is 1. The number of hydrogen-bond acceptors (Lipinski definition) is 5. The number of carbonyl (C=O) groups is 3. The number of amides is 2. The second-order valence-electron chi connectivity index (χ2n) is 4.17. The first kappa shape index (κ1) is 15.7. The Labute approximate surface area is 116 Å². The van der Waals surface area contributed by atoms with Crippen LogP contribution in [0.3, 0.4) is 0 Å². The van der Waals surface area contributed by atoms with Crippen LogP contribution in [0.2, 0.25) is 0 Å². The van der Waals surface area contributed by atoms with Crippen LogP contribution >= 0.6 is 0 Å². The normalized spacial score (nSPS) is 11.6. The number of nitrogens with zero attached hydrogens (tertiary/aromatic N) is 1. The summed E-state index contributed by atoms with van der Waals surface area (Å²) in [5, 5.41) is 2.49. The van der Waals surface area contributed by atoms with Gasteiger partial charge >= 0.3 is 5.97 Å². The lowest BCUT2D eigenvalue weighted by Gasteiger charge is -2.20. The van der Waals surface area contributed by atoms with Gasteiger partial charge in [0.15, 0.2) is 5.76 Å². The number of furan rings is 1. The van der Waals surface area contributed by atoms with Crippen molar-refractivity contribution in [3.63, 3.8) is 0 Å². The van der Waals surface area contributed by atoms with Gasteiger partial charge in [-0.25, -0.2) is 0 Å². The Morgan fingerprint density at radius 2 is 2.15 bits per heavy atom. The van der Waals surface area contributed by atoms with E-state index in [0.717, 1.165) is 0 Å². The van der Waals surface area contributed by atoms with Gasteiger partial charge in [-0.1, -0.05) is 0 Å². The topological polar surface area (TPSA) is 88.9 Å². The van der Waals surface area contributed by atoms with E-state index in [0.29, 0.717) is 0 Å². The minimum atomic E-state index is -0.771. The zero-order chi connectivity index (χ0) is 15.1. The molecule has 7 nitrogen and oxygen atoms in total. The maximum absolute atomic E-state index is 12.0. The van der Waals surface area contributed by atoms with Gasteiger partial charge < -0.3 is 19.4 Å². The lowest BCUT2D eigenvalue weighted by Crippen LogP contribution is -2.47. The van der Waals surface area contributed by atoms with Gasteiger partial charge in [-0.2, -0.15) is 0 Å². The van der Waals surface area contributed by atoms with E-state index in [2.05, 4.69) is 5.32 Å². The molecule has 0 aliphatic heterocycles. The summed E-state index contributed by atoms with van der Waals surface area (Å²) >= 11 is 0. The predicted molar refractivity (Wildman–Crippen MR) is 69.9 cm³/mol. The lowest BCUT2D eigenvalue weighted by atomic mass is 10.2. The summed E-state index contributed by atoms with van der Waals surface area (Å²) in [6, 6.07) is 2.30. The molecule has 1 unspecified atom stereocenters. The first-order chi connectivity index (χ1) is 9.45. The summed E-state index contributed by atoms with van der Waals surface area (Å²) < 4.78 is 9.67. The van der Waals surface area contributed by atoms with Crippen LogP contribution in [0, 0.1) is 0 Å². The average Bonchev–Trinajstić information content (AvgIpc) is 2.91. The Bertz CT molecular complexity index is 469. The third-order valence-corrected chi connectivity index (χ3v) is 2.51. The quantitative estimate of drug-likeness (QED) is 0.764. The Morgan fingerprint density at radius 3 is 2.70 bits per heavy atom. The molecule has 0 aromatic carbocycles. The zero-order valence-electron chi connectivity index (χ0n) is 11.7. The van der Waals surface area contributed by atoms with Crippen LogP contribution in [0.4, 0.5) is 0 Å². The number of hydrogen-bond donors (Lipinski definition) is 1. The van der Waals surface area contributed by atoms with Gasteiger partial charge in [-0.3, -0.25) is 14.4 Å².